The van der Waals surface area contributed by atoms with Crippen LogP contribution in [0.4, 0.5) is 0 Å². The lowest BCUT2D eigenvalue weighted by Gasteiger charge is -2.14. The van der Waals surface area contributed by atoms with Crippen molar-refractivity contribution in [1.82, 2.24) is 4.72 Å². The zero-order chi connectivity index (χ0) is 14.8. The number of nitrogens with one attached hydrogen (secondary N) is 1. The van der Waals surface area contributed by atoms with Crippen molar-refractivity contribution in [3.63, 3.8) is 0 Å². The zero-order valence-electron chi connectivity index (χ0n) is 10.6. The van der Waals surface area contributed by atoms with Crippen molar-refractivity contribution in [2.75, 3.05) is 0 Å². The fraction of sp³-hybridized carbons (Fsp3) is 0.250. The van der Waals surface area contributed by atoms with Gasteiger partial charge in [-0.1, -0.05) is 13.0 Å². The third-order valence-corrected chi connectivity index (χ3v) is 6.19. The SMILES string of the molecule is CCC(NS(=O)(=O)c1csc(C(=O)O)c1)c1cccs1. The summed E-state index contributed by atoms with van der Waals surface area (Å²) in [6, 6.07) is 4.62. The Hall–Kier alpha value is -1.22. The molecule has 0 aliphatic heterocycles. The molecule has 0 spiro atoms. The van der Waals surface area contributed by atoms with Crippen LogP contribution in [-0.2, 0) is 10.0 Å². The Labute approximate surface area is 124 Å². The number of hydrogen-bond donors (Lipinski definition) is 2. The summed E-state index contributed by atoms with van der Waals surface area (Å²) in [5, 5.41) is 12.1. The number of carboxylic acids is 1. The summed E-state index contributed by atoms with van der Waals surface area (Å²) in [5.41, 5.74) is 0. The molecular weight excluding hydrogens is 318 g/mol. The molecule has 0 aliphatic carbocycles. The normalized spacial score (nSPS) is 13.2. The molecule has 2 heterocycles. The standard InChI is InChI=1S/C12H13NO4S3/c1-2-9(10-4-3-5-18-10)13-20(16,17)8-6-11(12(14)15)19-7-8/h3-7,9,13H,2H2,1H3,(H,14,15). The predicted molar refractivity (Wildman–Crippen MR) is 79.0 cm³/mol. The van der Waals surface area contributed by atoms with Gasteiger partial charge in [0.15, 0.2) is 0 Å². The first kappa shape index (κ1) is 15.2. The number of carbonyl (C=O) groups is 1. The molecule has 0 bridgehead atoms. The molecular formula is C12H13NO4S3. The Balaban J connectivity index is 2.23. The number of hydrogen-bond acceptors (Lipinski definition) is 5. The zero-order valence-corrected chi connectivity index (χ0v) is 13.0. The summed E-state index contributed by atoms with van der Waals surface area (Å²) in [5.74, 6) is -1.12. The molecule has 2 N–H and O–H groups in total. The monoisotopic (exact) mass is 331 g/mol. The second-order valence-corrected chi connectivity index (χ2v) is 7.65. The first-order valence-electron chi connectivity index (χ1n) is 5.81. The maximum atomic E-state index is 12.2. The van der Waals surface area contributed by atoms with E-state index in [1.54, 1.807) is 0 Å². The quantitative estimate of drug-likeness (QED) is 0.852. The van der Waals surface area contributed by atoms with Gasteiger partial charge < -0.3 is 5.11 Å². The van der Waals surface area contributed by atoms with Crippen LogP contribution < -0.4 is 4.72 Å². The van der Waals surface area contributed by atoms with Crippen molar-refractivity contribution in [1.29, 1.82) is 0 Å². The van der Waals surface area contributed by atoms with Gasteiger partial charge in [0.05, 0.1) is 10.9 Å². The molecule has 2 aromatic rings. The van der Waals surface area contributed by atoms with Crippen molar-refractivity contribution in [2.24, 2.45) is 0 Å². The van der Waals surface area contributed by atoms with Crippen LogP contribution in [0, 0.1) is 0 Å². The summed E-state index contributed by atoms with van der Waals surface area (Å²) in [6.45, 7) is 1.89. The average molecular weight is 331 g/mol. The summed E-state index contributed by atoms with van der Waals surface area (Å²) < 4.78 is 27.1. The Morgan fingerprint density at radius 1 is 1.45 bits per heavy atom. The first-order valence-corrected chi connectivity index (χ1v) is 9.06. The molecule has 1 atom stereocenters. The molecule has 0 fully saturated rings. The van der Waals surface area contributed by atoms with E-state index in [-0.39, 0.29) is 15.8 Å². The van der Waals surface area contributed by atoms with Crippen LogP contribution in [0.1, 0.15) is 33.9 Å². The molecule has 1 unspecified atom stereocenters. The van der Waals surface area contributed by atoms with E-state index >= 15 is 0 Å². The van der Waals surface area contributed by atoms with E-state index in [0.29, 0.717) is 6.42 Å². The lowest BCUT2D eigenvalue weighted by molar-refractivity contribution is 0.0702. The highest BCUT2D eigenvalue weighted by atomic mass is 32.2. The van der Waals surface area contributed by atoms with Crippen molar-refractivity contribution >= 4 is 38.7 Å². The third kappa shape index (κ3) is 3.26. The molecule has 0 amide bonds. The van der Waals surface area contributed by atoms with Crippen LogP contribution in [0.25, 0.3) is 0 Å². The van der Waals surface area contributed by atoms with Gasteiger partial charge >= 0.3 is 5.97 Å². The Bertz CT molecular complexity index is 688. The molecule has 108 valence electrons. The van der Waals surface area contributed by atoms with E-state index in [9.17, 15) is 13.2 Å². The van der Waals surface area contributed by atoms with Gasteiger partial charge in [0.25, 0.3) is 0 Å². The van der Waals surface area contributed by atoms with Gasteiger partial charge in [0, 0.05) is 10.3 Å². The fourth-order valence-electron chi connectivity index (χ4n) is 1.66. The van der Waals surface area contributed by atoms with Crippen LogP contribution in [0.3, 0.4) is 0 Å². The third-order valence-electron chi connectivity index (χ3n) is 2.69. The summed E-state index contributed by atoms with van der Waals surface area (Å²) in [7, 11) is -3.71. The largest absolute Gasteiger partial charge is 0.477 e. The average Bonchev–Trinajstić information content (AvgIpc) is 3.06. The molecule has 20 heavy (non-hydrogen) atoms. The first-order chi connectivity index (χ1) is 9.44. The minimum absolute atomic E-state index is 0.00472. The number of rotatable bonds is 6. The van der Waals surface area contributed by atoms with E-state index in [4.69, 9.17) is 5.11 Å². The second kappa shape index (κ2) is 6.04. The lowest BCUT2D eigenvalue weighted by Crippen LogP contribution is -2.27. The molecule has 5 nitrogen and oxygen atoms in total. The predicted octanol–water partition coefficient (Wildman–Crippen LogP) is 2.94. The van der Waals surface area contributed by atoms with Crippen LogP contribution in [-0.4, -0.2) is 19.5 Å². The van der Waals surface area contributed by atoms with E-state index in [1.165, 1.54) is 22.8 Å². The summed E-state index contributed by atoms with van der Waals surface area (Å²) in [4.78, 5) is 11.7. The number of carboxylic acid groups (broad SMARTS) is 1. The van der Waals surface area contributed by atoms with Crippen molar-refractivity contribution < 1.29 is 18.3 Å². The van der Waals surface area contributed by atoms with E-state index in [1.807, 2.05) is 24.4 Å². The summed E-state index contributed by atoms with van der Waals surface area (Å²) in [6.07, 6.45) is 0.621. The van der Waals surface area contributed by atoms with Gasteiger partial charge in [-0.2, -0.15) is 0 Å². The van der Waals surface area contributed by atoms with Gasteiger partial charge in [-0.15, -0.1) is 22.7 Å². The van der Waals surface area contributed by atoms with Crippen molar-refractivity contribution in [3.05, 3.63) is 38.7 Å². The molecule has 0 saturated carbocycles. The van der Waals surface area contributed by atoms with Gasteiger partial charge in [-0.3, -0.25) is 0 Å². The minimum Gasteiger partial charge on any atom is -0.477 e. The maximum Gasteiger partial charge on any atom is 0.345 e. The number of thiophene rings is 2. The summed E-state index contributed by atoms with van der Waals surface area (Å²) >= 11 is 2.38. The molecule has 0 radical (unpaired) electrons. The highest BCUT2D eigenvalue weighted by molar-refractivity contribution is 7.89. The highest BCUT2D eigenvalue weighted by Gasteiger charge is 2.23. The van der Waals surface area contributed by atoms with Crippen molar-refractivity contribution in [3.8, 4) is 0 Å². The van der Waals surface area contributed by atoms with Gasteiger partial charge in [-0.25, -0.2) is 17.9 Å². The van der Waals surface area contributed by atoms with Crippen LogP contribution in [0.5, 0.6) is 0 Å². The van der Waals surface area contributed by atoms with E-state index < -0.39 is 16.0 Å². The Morgan fingerprint density at radius 2 is 2.20 bits per heavy atom. The van der Waals surface area contributed by atoms with Crippen LogP contribution >= 0.6 is 22.7 Å². The Morgan fingerprint density at radius 3 is 2.70 bits per heavy atom. The fourth-order valence-corrected chi connectivity index (χ4v) is 5.01. The lowest BCUT2D eigenvalue weighted by atomic mass is 10.2. The van der Waals surface area contributed by atoms with Gasteiger partial charge in [0.1, 0.15) is 4.88 Å². The molecule has 0 saturated heterocycles. The van der Waals surface area contributed by atoms with E-state index in [2.05, 4.69) is 4.72 Å². The van der Waals surface area contributed by atoms with Gasteiger partial charge in [0.2, 0.25) is 10.0 Å². The molecule has 2 rings (SSSR count). The number of sulfonamides is 1. The topological polar surface area (TPSA) is 83.5 Å². The smallest absolute Gasteiger partial charge is 0.345 e. The number of aromatic carboxylic acids is 1. The van der Waals surface area contributed by atoms with Crippen LogP contribution in [0.2, 0.25) is 0 Å². The van der Waals surface area contributed by atoms with Crippen LogP contribution in [0.15, 0.2) is 33.9 Å². The maximum absolute atomic E-state index is 12.2. The second-order valence-electron chi connectivity index (χ2n) is 4.05. The van der Waals surface area contributed by atoms with Gasteiger partial charge in [-0.05, 0) is 23.9 Å². The molecule has 2 aromatic heterocycles. The molecule has 8 heteroatoms. The minimum atomic E-state index is -3.71. The molecule has 0 aromatic carbocycles. The Kier molecular flexibility index (Phi) is 4.59. The molecule has 0 aliphatic rings. The van der Waals surface area contributed by atoms with Crippen molar-refractivity contribution in [2.45, 2.75) is 24.3 Å². The van der Waals surface area contributed by atoms with E-state index in [0.717, 1.165) is 16.2 Å². The highest BCUT2D eigenvalue weighted by Crippen LogP contribution is 2.25.